The number of fused-ring (bicyclic) bond motifs is 1. The summed E-state index contributed by atoms with van der Waals surface area (Å²) in [5.41, 5.74) is -6.45. The minimum absolute atomic E-state index is 0.110. The van der Waals surface area contributed by atoms with Gasteiger partial charge in [-0.15, -0.1) is 0 Å². The van der Waals surface area contributed by atoms with E-state index in [4.69, 9.17) is 0 Å². The van der Waals surface area contributed by atoms with Crippen LogP contribution < -0.4 is 10.9 Å². The van der Waals surface area contributed by atoms with Crippen molar-refractivity contribution in [2.24, 2.45) is 11.3 Å². The topological polar surface area (TPSA) is 144 Å². The number of aromatic amines is 1. The average Bonchev–Trinajstić information content (AvgIpc) is 3.64. The highest BCUT2D eigenvalue weighted by molar-refractivity contribution is 5.91. The van der Waals surface area contributed by atoms with E-state index in [1.54, 1.807) is 17.7 Å². The molecule has 0 spiro atoms. The normalized spacial score (nSPS) is 17.8. The SMILES string of the molecule is CCCC(C)(C(=O)O)C(O)(c1ccc(Nc2nn([C@@H](CC#N)C3CC3)c3cc[nH]c(=O)c23)cc1)C(F)(F)F. The first-order chi connectivity index (χ1) is 17.9. The van der Waals surface area contributed by atoms with Crippen LogP contribution in [0.5, 0.6) is 0 Å². The fourth-order valence-electron chi connectivity index (χ4n) is 5.14. The number of nitrogens with one attached hydrogen (secondary N) is 2. The molecule has 1 aliphatic rings. The molecular formula is C26H28F3N5O4. The lowest BCUT2D eigenvalue weighted by atomic mass is 9.66. The summed E-state index contributed by atoms with van der Waals surface area (Å²) >= 11 is 0. The number of carbonyl (C=O) groups is 1. The Labute approximate surface area is 215 Å². The summed E-state index contributed by atoms with van der Waals surface area (Å²) in [5, 5.41) is 37.7. The van der Waals surface area contributed by atoms with Gasteiger partial charge in [0.1, 0.15) is 10.8 Å². The number of carboxylic acid groups (broad SMARTS) is 1. The van der Waals surface area contributed by atoms with Crippen molar-refractivity contribution in [3.05, 3.63) is 52.4 Å². The third-order valence-corrected chi connectivity index (χ3v) is 7.41. The molecule has 1 saturated carbocycles. The van der Waals surface area contributed by atoms with Crippen molar-refractivity contribution < 1.29 is 28.2 Å². The molecule has 0 radical (unpaired) electrons. The molecule has 38 heavy (non-hydrogen) atoms. The Kier molecular flexibility index (Phi) is 7.01. The van der Waals surface area contributed by atoms with Gasteiger partial charge in [0.25, 0.3) is 5.56 Å². The third-order valence-electron chi connectivity index (χ3n) is 7.41. The Morgan fingerprint density at radius 1 is 1.29 bits per heavy atom. The second-order valence-electron chi connectivity index (χ2n) is 9.93. The zero-order valence-corrected chi connectivity index (χ0v) is 20.8. The monoisotopic (exact) mass is 531 g/mol. The Morgan fingerprint density at radius 3 is 2.47 bits per heavy atom. The zero-order chi connectivity index (χ0) is 27.9. The highest BCUT2D eigenvalue weighted by Gasteiger charge is 2.68. The molecule has 0 bridgehead atoms. The first-order valence-corrected chi connectivity index (χ1v) is 12.3. The minimum atomic E-state index is -5.27. The minimum Gasteiger partial charge on any atom is -0.481 e. The van der Waals surface area contributed by atoms with Gasteiger partial charge in [-0.25, -0.2) is 0 Å². The van der Waals surface area contributed by atoms with Gasteiger partial charge in [0.15, 0.2) is 5.82 Å². The van der Waals surface area contributed by atoms with E-state index in [2.05, 4.69) is 21.5 Å². The zero-order valence-electron chi connectivity index (χ0n) is 20.8. The maximum Gasteiger partial charge on any atom is 0.422 e. The van der Waals surface area contributed by atoms with Crippen LogP contribution >= 0.6 is 0 Å². The number of anilines is 2. The number of aliphatic carboxylic acids is 1. The van der Waals surface area contributed by atoms with Crippen LogP contribution in [-0.2, 0) is 10.4 Å². The van der Waals surface area contributed by atoms with E-state index in [0.29, 0.717) is 5.52 Å². The van der Waals surface area contributed by atoms with Crippen LogP contribution in [0.3, 0.4) is 0 Å². The molecule has 3 atom stereocenters. The number of alkyl halides is 3. The Hall–Kier alpha value is -3.85. The van der Waals surface area contributed by atoms with E-state index in [0.717, 1.165) is 31.9 Å². The molecule has 2 unspecified atom stereocenters. The number of nitrogens with zero attached hydrogens (tertiary/aromatic N) is 3. The van der Waals surface area contributed by atoms with E-state index in [9.17, 15) is 38.2 Å². The number of hydrogen-bond donors (Lipinski definition) is 4. The highest BCUT2D eigenvalue weighted by atomic mass is 19.4. The molecule has 202 valence electrons. The predicted octanol–water partition coefficient (Wildman–Crippen LogP) is 4.97. The molecule has 2 aromatic heterocycles. The average molecular weight is 532 g/mol. The van der Waals surface area contributed by atoms with Gasteiger partial charge >= 0.3 is 12.1 Å². The van der Waals surface area contributed by atoms with Crippen molar-refractivity contribution in [1.82, 2.24) is 14.8 Å². The lowest BCUT2D eigenvalue weighted by Gasteiger charge is -2.43. The molecular weight excluding hydrogens is 503 g/mol. The van der Waals surface area contributed by atoms with Crippen molar-refractivity contribution >= 4 is 28.4 Å². The van der Waals surface area contributed by atoms with Gasteiger partial charge in [-0.1, -0.05) is 25.5 Å². The van der Waals surface area contributed by atoms with Crippen molar-refractivity contribution in [3.8, 4) is 6.07 Å². The number of hydrogen-bond acceptors (Lipinski definition) is 6. The number of rotatable bonds is 10. The molecule has 9 nitrogen and oxygen atoms in total. The molecule has 1 aliphatic carbocycles. The van der Waals surface area contributed by atoms with Crippen LogP contribution in [0.4, 0.5) is 24.7 Å². The summed E-state index contributed by atoms with van der Waals surface area (Å²) in [6.45, 7) is 2.43. The first kappa shape index (κ1) is 27.2. The van der Waals surface area contributed by atoms with Crippen LogP contribution in [0.1, 0.15) is 57.6 Å². The fourth-order valence-corrected chi connectivity index (χ4v) is 5.14. The number of carboxylic acids is 1. The van der Waals surface area contributed by atoms with Gasteiger partial charge in [-0.3, -0.25) is 14.3 Å². The Balaban J connectivity index is 1.75. The van der Waals surface area contributed by atoms with Crippen LogP contribution in [0, 0.1) is 22.7 Å². The standard InChI is InChI=1S/C26H28F3N5O4/c1-3-12-24(2,23(36)37)25(38,26(27,28)29)16-6-8-17(9-7-16)32-21-20-19(11-14-31-22(20)35)34(33-21)18(10-13-30)15-4-5-15/h6-9,11,14-15,18,38H,3-5,10,12H2,1-2H3,(H,31,35)(H,32,33)(H,36,37)/t18-,24?,25?/m0/s1. The second-order valence-corrected chi connectivity index (χ2v) is 9.93. The van der Waals surface area contributed by atoms with Crippen LogP contribution in [0.25, 0.3) is 10.9 Å². The molecule has 3 aromatic rings. The molecule has 1 fully saturated rings. The van der Waals surface area contributed by atoms with Crippen molar-refractivity contribution in [2.45, 2.75) is 63.8 Å². The number of benzene rings is 1. The number of aliphatic hydroxyl groups is 1. The predicted molar refractivity (Wildman–Crippen MR) is 133 cm³/mol. The fraction of sp³-hybridized carbons (Fsp3) is 0.462. The van der Waals surface area contributed by atoms with E-state index >= 15 is 0 Å². The van der Waals surface area contributed by atoms with Crippen LogP contribution in [-0.4, -0.2) is 37.1 Å². The number of aromatic nitrogens is 3. The molecule has 0 aliphatic heterocycles. The maximum absolute atomic E-state index is 14.2. The molecule has 1 aromatic carbocycles. The maximum atomic E-state index is 14.2. The van der Waals surface area contributed by atoms with E-state index in [1.165, 1.54) is 18.3 Å². The third kappa shape index (κ3) is 4.41. The second kappa shape index (κ2) is 9.79. The first-order valence-electron chi connectivity index (χ1n) is 12.3. The van der Waals surface area contributed by atoms with Crippen molar-refractivity contribution in [3.63, 3.8) is 0 Å². The van der Waals surface area contributed by atoms with E-state index in [-0.39, 0.29) is 41.7 Å². The Morgan fingerprint density at radius 2 is 1.95 bits per heavy atom. The van der Waals surface area contributed by atoms with Gasteiger partial charge in [-0.2, -0.15) is 23.5 Å². The summed E-state index contributed by atoms with van der Waals surface area (Å²) in [7, 11) is 0. The summed E-state index contributed by atoms with van der Waals surface area (Å²) < 4.78 is 44.4. The van der Waals surface area contributed by atoms with Gasteiger partial charge in [0.2, 0.25) is 5.60 Å². The quantitative estimate of drug-likeness (QED) is 0.289. The van der Waals surface area contributed by atoms with E-state index in [1.807, 2.05) is 0 Å². The summed E-state index contributed by atoms with van der Waals surface area (Å²) in [4.78, 5) is 27.2. The van der Waals surface area contributed by atoms with Crippen molar-refractivity contribution in [2.75, 3.05) is 5.32 Å². The van der Waals surface area contributed by atoms with Gasteiger partial charge < -0.3 is 20.5 Å². The van der Waals surface area contributed by atoms with Crippen LogP contribution in [0.15, 0.2) is 41.3 Å². The van der Waals surface area contributed by atoms with Gasteiger partial charge in [-0.05, 0) is 55.9 Å². The number of pyridine rings is 1. The van der Waals surface area contributed by atoms with Crippen LogP contribution in [0.2, 0.25) is 0 Å². The summed E-state index contributed by atoms with van der Waals surface area (Å²) in [6.07, 6.45) is -2.00. The van der Waals surface area contributed by atoms with Gasteiger partial charge in [0.05, 0.1) is 24.0 Å². The van der Waals surface area contributed by atoms with Gasteiger partial charge in [0, 0.05) is 11.9 Å². The largest absolute Gasteiger partial charge is 0.481 e. The Bertz CT molecular complexity index is 1440. The highest BCUT2D eigenvalue weighted by Crippen LogP contribution is 2.53. The molecule has 12 heteroatoms. The molecule has 0 saturated heterocycles. The smallest absolute Gasteiger partial charge is 0.422 e. The molecule has 4 N–H and O–H groups in total. The van der Waals surface area contributed by atoms with E-state index < -0.39 is 40.7 Å². The summed E-state index contributed by atoms with van der Waals surface area (Å²) in [5.74, 6) is -1.35. The molecule has 2 heterocycles. The molecule has 0 amide bonds. The lowest BCUT2D eigenvalue weighted by molar-refractivity contribution is -0.306. The number of H-pyrrole nitrogens is 1. The number of nitriles is 1. The molecule has 4 rings (SSSR count). The van der Waals surface area contributed by atoms with Crippen molar-refractivity contribution in [1.29, 1.82) is 5.26 Å². The number of halogens is 3. The lowest BCUT2D eigenvalue weighted by Crippen LogP contribution is -2.58. The summed E-state index contributed by atoms with van der Waals surface area (Å²) in [6, 6.07) is 8.16.